The van der Waals surface area contributed by atoms with Crippen molar-refractivity contribution in [3.63, 3.8) is 0 Å². The Hall–Kier alpha value is -0.900. The number of aliphatic hydroxyl groups excluding tert-OH is 2. The Kier molecular flexibility index (Phi) is 16.4. The highest BCUT2D eigenvalue weighted by Gasteiger charge is 1.93. The molecule has 21 heavy (non-hydrogen) atoms. The summed E-state index contributed by atoms with van der Waals surface area (Å²) in [5, 5.41) is 15.2. The third-order valence-corrected chi connectivity index (χ3v) is 3.10. The molecule has 1 aromatic rings. The van der Waals surface area contributed by atoms with E-state index in [1.165, 1.54) is 50.5 Å². The van der Waals surface area contributed by atoms with Crippen molar-refractivity contribution < 1.29 is 14.9 Å². The fourth-order valence-electron chi connectivity index (χ4n) is 1.93. The van der Waals surface area contributed by atoms with Gasteiger partial charge in [0, 0.05) is 6.61 Å². The van der Waals surface area contributed by atoms with Crippen LogP contribution in [0, 0.1) is 0 Å². The zero-order chi connectivity index (χ0) is 15.6. The summed E-state index contributed by atoms with van der Waals surface area (Å²) < 4.78 is 5.65. The average Bonchev–Trinajstić information content (AvgIpc) is 2.54. The highest BCUT2D eigenvalue weighted by Crippen LogP contribution is 2.07. The summed E-state index contributed by atoms with van der Waals surface area (Å²) in [6.07, 6.45) is 9.42. The Morgan fingerprint density at radius 2 is 1.38 bits per heavy atom. The number of benzene rings is 1. The third kappa shape index (κ3) is 15.3. The SMILES string of the molecule is CCCCCCCCCOCc1ccccc1.OCCO. The van der Waals surface area contributed by atoms with Gasteiger partial charge in [0.25, 0.3) is 0 Å². The summed E-state index contributed by atoms with van der Waals surface area (Å²) in [5.74, 6) is 0. The first-order chi connectivity index (χ1) is 10.3. The second-order valence-electron chi connectivity index (χ2n) is 5.11. The first kappa shape index (κ1) is 20.1. The van der Waals surface area contributed by atoms with E-state index in [9.17, 15) is 0 Å². The van der Waals surface area contributed by atoms with E-state index in [4.69, 9.17) is 14.9 Å². The van der Waals surface area contributed by atoms with Gasteiger partial charge in [0.2, 0.25) is 0 Å². The number of hydrogen-bond donors (Lipinski definition) is 2. The van der Waals surface area contributed by atoms with Gasteiger partial charge in [-0.05, 0) is 12.0 Å². The van der Waals surface area contributed by atoms with Gasteiger partial charge in [-0.3, -0.25) is 0 Å². The highest BCUT2D eigenvalue weighted by atomic mass is 16.5. The van der Waals surface area contributed by atoms with Gasteiger partial charge in [0.1, 0.15) is 0 Å². The minimum absolute atomic E-state index is 0.125. The fraction of sp³-hybridized carbons (Fsp3) is 0.667. The lowest BCUT2D eigenvalue weighted by atomic mass is 10.1. The monoisotopic (exact) mass is 296 g/mol. The summed E-state index contributed by atoms with van der Waals surface area (Å²) in [4.78, 5) is 0. The molecule has 0 radical (unpaired) electrons. The maximum Gasteiger partial charge on any atom is 0.0716 e. The summed E-state index contributed by atoms with van der Waals surface area (Å²) in [6, 6.07) is 10.4. The molecule has 0 saturated carbocycles. The molecule has 3 heteroatoms. The van der Waals surface area contributed by atoms with Crippen LogP contribution in [0.3, 0.4) is 0 Å². The van der Waals surface area contributed by atoms with Crippen LogP contribution in [0.4, 0.5) is 0 Å². The van der Waals surface area contributed by atoms with Crippen LogP contribution in [-0.4, -0.2) is 30.0 Å². The zero-order valence-electron chi connectivity index (χ0n) is 13.5. The molecule has 0 atom stereocenters. The summed E-state index contributed by atoms with van der Waals surface area (Å²) in [6.45, 7) is 3.68. The van der Waals surface area contributed by atoms with E-state index < -0.39 is 0 Å². The largest absolute Gasteiger partial charge is 0.394 e. The van der Waals surface area contributed by atoms with E-state index in [1.807, 2.05) is 6.07 Å². The van der Waals surface area contributed by atoms with Crippen molar-refractivity contribution >= 4 is 0 Å². The van der Waals surface area contributed by atoms with Gasteiger partial charge < -0.3 is 14.9 Å². The Morgan fingerprint density at radius 1 is 0.810 bits per heavy atom. The molecule has 0 spiro atoms. The minimum Gasteiger partial charge on any atom is -0.394 e. The van der Waals surface area contributed by atoms with Gasteiger partial charge in [-0.15, -0.1) is 0 Å². The molecule has 0 aliphatic heterocycles. The van der Waals surface area contributed by atoms with Crippen molar-refractivity contribution in [2.24, 2.45) is 0 Å². The molecule has 1 rings (SSSR count). The molecule has 0 fully saturated rings. The molecule has 0 saturated heterocycles. The molecule has 0 amide bonds. The number of unbranched alkanes of at least 4 members (excludes halogenated alkanes) is 6. The molecular formula is C18H32O3. The van der Waals surface area contributed by atoms with Crippen LogP contribution in [0.1, 0.15) is 57.4 Å². The van der Waals surface area contributed by atoms with E-state index in [1.54, 1.807) is 0 Å². The minimum atomic E-state index is -0.125. The average molecular weight is 296 g/mol. The van der Waals surface area contributed by atoms with Crippen molar-refractivity contribution in [1.82, 2.24) is 0 Å². The highest BCUT2D eigenvalue weighted by molar-refractivity contribution is 5.13. The lowest BCUT2D eigenvalue weighted by Gasteiger charge is -2.04. The molecule has 0 unspecified atom stereocenters. The van der Waals surface area contributed by atoms with Crippen molar-refractivity contribution in [2.45, 2.75) is 58.5 Å². The number of ether oxygens (including phenoxy) is 1. The molecule has 0 bridgehead atoms. The second-order valence-corrected chi connectivity index (χ2v) is 5.11. The lowest BCUT2D eigenvalue weighted by Crippen LogP contribution is -1.95. The predicted molar refractivity (Wildman–Crippen MR) is 88.3 cm³/mol. The Balaban J connectivity index is 0.000000885. The number of hydrogen-bond acceptors (Lipinski definition) is 3. The van der Waals surface area contributed by atoms with Crippen molar-refractivity contribution in [1.29, 1.82) is 0 Å². The van der Waals surface area contributed by atoms with Crippen LogP contribution in [-0.2, 0) is 11.3 Å². The standard InChI is InChI=1S/C16H26O.C2H6O2/c1-2-3-4-5-6-7-11-14-17-15-16-12-9-8-10-13-16;3-1-2-4/h8-10,12-13H,2-7,11,14-15H2,1H3;3-4H,1-2H2. The normalized spacial score (nSPS) is 10.0. The molecule has 2 N–H and O–H groups in total. The smallest absolute Gasteiger partial charge is 0.0716 e. The zero-order valence-corrected chi connectivity index (χ0v) is 13.5. The maximum absolute atomic E-state index is 7.62. The topological polar surface area (TPSA) is 49.7 Å². The summed E-state index contributed by atoms with van der Waals surface area (Å²) in [5.41, 5.74) is 1.27. The predicted octanol–water partition coefficient (Wildman–Crippen LogP) is 3.92. The van der Waals surface area contributed by atoms with Crippen LogP contribution < -0.4 is 0 Å². The van der Waals surface area contributed by atoms with E-state index >= 15 is 0 Å². The molecule has 1 aromatic carbocycles. The molecule has 0 heterocycles. The van der Waals surface area contributed by atoms with E-state index in [2.05, 4.69) is 31.2 Å². The van der Waals surface area contributed by atoms with Crippen LogP contribution in [0.2, 0.25) is 0 Å². The molecule has 3 nitrogen and oxygen atoms in total. The first-order valence-electron chi connectivity index (χ1n) is 8.18. The molecular weight excluding hydrogens is 264 g/mol. The lowest BCUT2D eigenvalue weighted by molar-refractivity contribution is 0.116. The van der Waals surface area contributed by atoms with Gasteiger partial charge in [-0.25, -0.2) is 0 Å². The van der Waals surface area contributed by atoms with Crippen molar-refractivity contribution in [3.05, 3.63) is 35.9 Å². The van der Waals surface area contributed by atoms with Gasteiger partial charge in [-0.2, -0.15) is 0 Å². The molecule has 0 aliphatic carbocycles. The van der Waals surface area contributed by atoms with Crippen molar-refractivity contribution in [3.8, 4) is 0 Å². The number of rotatable bonds is 11. The van der Waals surface area contributed by atoms with E-state index in [0.29, 0.717) is 0 Å². The number of aliphatic hydroxyl groups is 2. The van der Waals surface area contributed by atoms with Crippen LogP contribution in [0.15, 0.2) is 30.3 Å². The third-order valence-electron chi connectivity index (χ3n) is 3.10. The van der Waals surface area contributed by atoms with E-state index in [0.717, 1.165) is 13.2 Å². The van der Waals surface area contributed by atoms with Crippen molar-refractivity contribution in [2.75, 3.05) is 19.8 Å². The maximum atomic E-state index is 7.62. The molecule has 122 valence electrons. The van der Waals surface area contributed by atoms with E-state index in [-0.39, 0.29) is 13.2 Å². The Labute approximate surface area is 130 Å². The van der Waals surface area contributed by atoms with Gasteiger partial charge in [0.15, 0.2) is 0 Å². The Morgan fingerprint density at radius 3 is 1.95 bits per heavy atom. The van der Waals surface area contributed by atoms with Crippen LogP contribution >= 0.6 is 0 Å². The Bertz CT molecular complexity index is 286. The molecule has 0 aliphatic rings. The van der Waals surface area contributed by atoms with Gasteiger partial charge in [-0.1, -0.05) is 75.8 Å². The first-order valence-corrected chi connectivity index (χ1v) is 8.18. The second kappa shape index (κ2) is 17.2. The van der Waals surface area contributed by atoms with Crippen LogP contribution in [0.25, 0.3) is 0 Å². The fourth-order valence-corrected chi connectivity index (χ4v) is 1.93. The van der Waals surface area contributed by atoms with Crippen LogP contribution in [0.5, 0.6) is 0 Å². The summed E-state index contributed by atoms with van der Waals surface area (Å²) in [7, 11) is 0. The summed E-state index contributed by atoms with van der Waals surface area (Å²) >= 11 is 0. The molecule has 0 aromatic heterocycles. The van der Waals surface area contributed by atoms with Gasteiger partial charge in [0.05, 0.1) is 19.8 Å². The quantitative estimate of drug-likeness (QED) is 0.608. The van der Waals surface area contributed by atoms with Gasteiger partial charge >= 0.3 is 0 Å².